The smallest absolute Gasteiger partial charge is 0.0917 e. The van der Waals surface area contributed by atoms with Gasteiger partial charge in [0, 0.05) is 6.42 Å². The van der Waals surface area contributed by atoms with Crippen molar-refractivity contribution < 1.29 is 13.9 Å². The summed E-state index contributed by atoms with van der Waals surface area (Å²) < 4.78 is 21.4. The van der Waals surface area contributed by atoms with E-state index in [2.05, 4.69) is 4.94 Å². The summed E-state index contributed by atoms with van der Waals surface area (Å²) >= 11 is 0. The molecule has 38 valence electrons. The summed E-state index contributed by atoms with van der Waals surface area (Å²) in [6, 6.07) is 0. The normalized spacial score (nSPS) is 9.00. The van der Waals surface area contributed by atoms with Crippen molar-refractivity contribution in [2.45, 2.75) is 6.42 Å². The van der Waals surface area contributed by atoms with Gasteiger partial charge >= 0.3 is 0 Å². The fraction of sp³-hybridized carbons (Fsp3) is 1.00. The van der Waals surface area contributed by atoms with Gasteiger partial charge in [0.1, 0.15) is 0 Å². The molecule has 0 saturated heterocycles. The number of halogens is 2. The molecule has 0 bridgehead atoms. The molecule has 0 N–H and O–H groups in total. The molecule has 0 unspecified atom stereocenters. The van der Waals surface area contributed by atoms with Gasteiger partial charge < -0.3 is 0 Å². The summed E-state index contributed by atoms with van der Waals surface area (Å²) in [5, 5.41) is 0. The highest BCUT2D eigenvalue weighted by Gasteiger charge is 1.80. The molecule has 3 heteroatoms. The summed E-state index contributed by atoms with van der Waals surface area (Å²) in [7, 11) is 0. The molecular weight excluding hydrogens is 90.0 g/mol. The fourth-order valence-corrected chi connectivity index (χ4v) is 0.109. The molecule has 0 amide bonds. The zero-order valence-electron chi connectivity index (χ0n) is 3.29. The van der Waals surface area contributed by atoms with Gasteiger partial charge in [-0.1, -0.05) is 0 Å². The van der Waals surface area contributed by atoms with Gasteiger partial charge in [-0.2, -0.15) is 4.94 Å². The molecule has 1 nitrogen and oxygen atoms in total. The number of hydrogen-bond acceptors (Lipinski definition) is 1. The lowest BCUT2D eigenvalue weighted by Gasteiger charge is -1.82. The Morgan fingerprint density at radius 3 is 2.33 bits per heavy atom. The first-order valence-electron chi connectivity index (χ1n) is 1.71. The van der Waals surface area contributed by atoms with Crippen molar-refractivity contribution in [3.63, 3.8) is 0 Å². The van der Waals surface area contributed by atoms with Gasteiger partial charge in [-0.05, 0) is 4.53 Å². The second-order valence-corrected chi connectivity index (χ2v) is 0.856. The lowest BCUT2D eigenvalue weighted by atomic mass is 10.5. The van der Waals surface area contributed by atoms with Crippen LogP contribution in [0.2, 0.25) is 0 Å². The Morgan fingerprint density at radius 1 is 1.50 bits per heavy atom. The van der Waals surface area contributed by atoms with Gasteiger partial charge in [0.05, 0.1) is 13.3 Å². The van der Waals surface area contributed by atoms with Gasteiger partial charge in [-0.25, -0.2) is 0 Å². The SMILES string of the molecule is FCCCOF. The van der Waals surface area contributed by atoms with Crippen molar-refractivity contribution in [2.75, 3.05) is 13.3 Å². The quantitative estimate of drug-likeness (QED) is 0.480. The van der Waals surface area contributed by atoms with Crippen molar-refractivity contribution in [3.8, 4) is 0 Å². The third kappa shape index (κ3) is 3.82. The molecule has 0 aliphatic heterocycles. The molecule has 0 aromatic rings. The summed E-state index contributed by atoms with van der Waals surface area (Å²) in [4.78, 5) is 3.04. The fourth-order valence-electron chi connectivity index (χ4n) is 0.109. The maximum absolute atomic E-state index is 10.9. The first-order valence-corrected chi connectivity index (χ1v) is 1.71. The van der Waals surface area contributed by atoms with Gasteiger partial charge in [0.15, 0.2) is 0 Å². The zero-order valence-corrected chi connectivity index (χ0v) is 3.29. The van der Waals surface area contributed by atoms with Crippen molar-refractivity contribution >= 4 is 0 Å². The molecule has 0 rings (SSSR count). The minimum Gasteiger partial charge on any atom is -0.251 e. The summed E-state index contributed by atoms with van der Waals surface area (Å²) in [6.45, 7) is -0.638. The van der Waals surface area contributed by atoms with E-state index in [0.717, 1.165) is 0 Å². The van der Waals surface area contributed by atoms with Crippen LogP contribution in [-0.4, -0.2) is 13.3 Å². The summed E-state index contributed by atoms with van der Waals surface area (Å²) in [5.41, 5.74) is 0. The Kier molecular flexibility index (Phi) is 4.68. The average molecular weight is 96.1 g/mol. The monoisotopic (exact) mass is 96.0 g/mol. The highest BCUT2D eigenvalue weighted by atomic mass is 19.3. The van der Waals surface area contributed by atoms with Crippen LogP contribution in [0.4, 0.5) is 8.92 Å². The van der Waals surface area contributed by atoms with Gasteiger partial charge in [0.25, 0.3) is 0 Å². The van der Waals surface area contributed by atoms with E-state index in [0.29, 0.717) is 0 Å². The first kappa shape index (κ1) is 5.82. The molecule has 0 aliphatic rings. The summed E-state index contributed by atoms with van der Waals surface area (Å²) in [5.74, 6) is 0. The van der Waals surface area contributed by atoms with Gasteiger partial charge in [0.2, 0.25) is 0 Å². The van der Waals surface area contributed by atoms with Crippen molar-refractivity contribution in [2.24, 2.45) is 0 Å². The molecule has 0 atom stereocenters. The molecule has 0 saturated carbocycles. The van der Waals surface area contributed by atoms with Crippen LogP contribution in [-0.2, 0) is 4.94 Å². The van der Waals surface area contributed by atoms with E-state index in [1.807, 2.05) is 0 Å². The zero-order chi connectivity index (χ0) is 4.83. The minimum atomic E-state index is -0.510. The van der Waals surface area contributed by atoms with E-state index in [1.165, 1.54) is 0 Å². The van der Waals surface area contributed by atoms with Crippen molar-refractivity contribution in [3.05, 3.63) is 0 Å². The van der Waals surface area contributed by atoms with Crippen LogP contribution in [0.1, 0.15) is 6.42 Å². The van der Waals surface area contributed by atoms with Crippen LogP contribution in [0, 0.1) is 0 Å². The van der Waals surface area contributed by atoms with Gasteiger partial charge in [-0.15, -0.1) is 0 Å². The maximum atomic E-state index is 10.9. The van der Waals surface area contributed by atoms with Crippen LogP contribution in [0.15, 0.2) is 0 Å². The highest BCUT2D eigenvalue weighted by molar-refractivity contribution is 4.24. The summed E-state index contributed by atoms with van der Waals surface area (Å²) in [6.07, 6.45) is 0.149. The molecular formula is C3H6F2O. The lowest BCUT2D eigenvalue weighted by molar-refractivity contribution is -0.133. The Labute approximate surface area is 34.8 Å². The molecule has 0 aromatic heterocycles. The highest BCUT2D eigenvalue weighted by Crippen LogP contribution is 1.81. The molecule has 6 heavy (non-hydrogen) atoms. The second-order valence-electron chi connectivity index (χ2n) is 0.856. The van der Waals surface area contributed by atoms with E-state index in [9.17, 15) is 8.92 Å². The molecule has 0 fully saturated rings. The van der Waals surface area contributed by atoms with Crippen molar-refractivity contribution in [1.29, 1.82) is 0 Å². The van der Waals surface area contributed by atoms with E-state index >= 15 is 0 Å². The Balaban J connectivity index is 2.34. The van der Waals surface area contributed by atoms with E-state index in [-0.39, 0.29) is 13.0 Å². The van der Waals surface area contributed by atoms with Crippen molar-refractivity contribution in [1.82, 2.24) is 0 Å². The Morgan fingerprint density at radius 2 is 2.17 bits per heavy atom. The molecule has 0 heterocycles. The van der Waals surface area contributed by atoms with Crippen LogP contribution in [0.3, 0.4) is 0 Å². The van der Waals surface area contributed by atoms with Gasteiger partial charge in [-0.3, -0.25) is 4.39 Å². The minimum absolute atomic E-state index is 0.128. The molecule has 0 radical (unpaired) electrons. The number of rotatable bonds is 3. The van der Waals surface area contributed by atoms with Crippen LogP contribution in [0.5, 0.6) is 0 Å². The molecule has 0 spiro atoms. The van der Waals surface area contributed by atoms with Crippen LogP contribution in [0.25, 0.3) is 0 Å². The topological polar surface area (TPSA) is 9.23 Å². The van der Waals surface area contributed by atoms with Crippen LogP contribution < -0.4 is 0 Å². The predicted molar refractivity (Wildman–Crippen MR) is 17.7 cm³/mol. The Hall–Kier alpha value is -0.180. The number of alkyl halides is 1. The second kappa shape index (κ2) is 4.82. The molecule has 0 aromatic carbocycles. The third-order valence-electron chi connectivity index (χ3n) is 0.355. The predicted octanol–water partition coefficient (Wildman–Crippen LogP) is 1.25. The van der Waals surface area contributed by atoms with E-state index in [1.54, 1.807) is 0 Å². The number of hydrogen-bond donors (Lipinski definition) is 0. The molecule has 0 aliphatic carbocycles. The van der Waals surface area contributed by atoms with E-state index in [4.69, 9.17) is 0 Å². The van der Waals surface area contributed by atoms with E-state index < -0.39 is 6.67 Å². The first-order chi connectivity index (χ1) is 2.91. The standard InChI is InChI=1S/C3H6F2O/c4-2-1-3-6-5/h1-3H2. The average Bonchev–Trinajstić information content (AvgIpc) is 1.61. The largest absolute Gasteiger partial charge is 0.251 e. The Bertz CT molecular complexity index is 20.8. The third-order valence-corrected chi connectivity index (χ3v) is 0.355. The van der Waals surface area contributed by atoms with Crippen LogP contribution >= 0.6 is 0 Å². The maximum Gasteiger partial charge on any atom is 0.0917 e. The lowest BCUT2D eigenvalue weighted by Crippen LogP contribution is -1.84.